The summed E-state index contributed by atoms with van der Waals surface area (Å²) in [5.74, 6) is 0. The number of anilines is 1. The summed E-state index contributed by atoms with van der Waals surface area (Å²) in [5, 5.41) is 0. The molecule has 0 spiro atoms. The molecule has 0 amide bonds. The number of rotatable bonds is 4. The van der Waals surface area contributed by atoms with E-state index in [2.05, 4.69) is 15.9 Å². The van der Waals surface area contributed by atoms with Crippen LogP contribution in [-0.2, 0) is 10.0 Å². The summed E-state index contributed by atoms with van der Waals surface area (Å²) in [6.07, 6.45) is -5.69. The van der Waals surface area contributed by atoms with Crippen molar-refractivity contribution in [3.63, 3.8) is 0 Å². The summed E-state index contributed by atoms with van der Waals surface area (Å²) < 4.78 is 62.7. The van der Waals surface area contributed by atoms with Crippen LogP contribution >= 0.6 is 15.9 Å². The van der Waals surface area contributed by atoms with Crippen LogP contribution in [0.25, 0.3) is 0 Å². The summed E-state index contributed by atoms with van der Waals surface area (Å²) in [4.78, 5) is -0.254. The number of nitrogen functional groups attached to an aromatic ring is 1. The van der Waals surface area contributed by atoms with Gasteiger partial charge in [0.05, 0.1) is 12.1 Å². The quantitative estimate of drug-likeness (QED) is 0.810. The van der Waals surface area contributed by atoms with Crippen LogP contribution in [0.5, 0.6) is 0 Å². The van der Waals surface area contributed by atoms with E-state index in [0.29, 0.717) is 4.47 Å². The summed E-state index contributed by atoms with van der Waals surface area (Å²) >= 11 is 3.08. The van der Waals surface area contributed by atoms with Gasteiger partial charge in [-0.2, -0.15) is 13.2 Å². The molecule has 0 saturated heterocycles. The molecule has 19 heavy (non-hydrogen) atoms. The number of nitrogens with one attached hydrogen (secondary N) is 1. The first kappa shape index (κ1) is 16.3. The molecule has 1 unspecified atom stereocenters. The highest BCUT2D eigenvalue weighted by molar-refractivity contribution is 9.10. The molecule has 1 atom stereocenters. The Morgan fingerprint density at radius 2 is 2.00 bits per heavy atom. The average molecular weight is 361 g/mol. The van der Waals surface area contributed by atoms with Crippen molar-refractivity contribution in [2.75, 3.05) is 5.73 Å². The molecular formula is C10H12BrF3N2O2S. The van der Waals surface area contributed by atoms with Crippen LogP contribution in [-0.4, -0.2) is 20.6 Å². The zero-order valence-electron chi connectivity index (χ0n) is 9.83. The third kappa shape index (κ3) is 5.00. The van der Waals surface area contributed by atoms with Crippen molar-refractivity contribution >= 4 is 31.6 Å². The number of alkyl halides is 3. The Balaban J connectivity index is 2.96. The molecule has 1 aromatic carbocycles. The number of hydrogen-bond donors (Lipinski definition) is 2. The Morgan fingerprint density at radius 3 is 2.53 bits per heavy atom. The minimum atomic E-state index is -4.44. The summed E-state index contributed by atoms with van der Waals surface area (Å²) in [6, 6.07) is 2.85. The lowest BCUT2D eigenvalue weighted by atomic mass is 10.2. The van der Waals surface area contributed by atoms with Gasteiger partial charge in [0.1, 0.15) is 4.90 Å². The lowest BCUT2D eigenvalue weighted by Gasteiger charge is -2.16. The summed E-state index contributed by atoms with van der Waals surface area (Å²) in [7, 11) is -4.09. The van der Waals surface area contributed by atoms with Gasteiger partial charge in [0.25, 0.3) is 0 Å². The minimum absolute atomic E-state index is 0.0325. The molecule has 0 bridgehead atoms. The van der Waals surface area contributed by atoms with Gasteiger partial charge in [0.15, 0.2) is 0 Å². The van der Waals surface area contributed by atoms with Gasteiger partial charge in [-0.1, -0.05) is 15.9 Å². The van der Waals surface area contributed by atoms with Gasteiger partial charge >= 0.3 is 6.18 Å². The smallest absolute Gasteiger partial charge is 0.390 e. The maximum Gasteiger partial charge on any atom is 0.390 e. The maximum atomic E-state index is 12.2. The molecule has 0 heterocycles. The van der Waals surface area contributed by atoms with Gasteiger partial charge in [0, 0.05) is 10.5 Å². The zero-order valence-corrected chi connectivity index (χ0v) is 12.2. The molecule has 4 nitrogen and oxygen atoms in total. The third-order valence-electron chi connectivity index (χ3n) is 2.16. The van der Waals surface area contributed by atoms with E-state index in [1.165, 1.54) is 18.2 Å². The van der Waals surface area contributed by atoms with E-state index in [4.69, 9.17) is 5.73 Å². The van der Waals surface area contributed by atoms with Crippen LogP contribution in [0.15, 0.2) is 27.6 Å². The highest BCUT2D eigenvalue weighted by Crippen LogP contribution is 2.25. The minimum Gasteiger partial charge on any atom is -0.398 e. The summed E-state index contributed by atoms with van der Waals surface area (Å²) in [5.41, 5.74) is 5.48. The molecule has 0 fully saturated rings. The van der Waals surface area contributed by atoms with E-state index in [9.17, 15) is 21.6 Å². The molecule has 0 saturated carbocycles. The van der Waals surface area contributed by atoms with Crippen molar-refractivity contribution in [2.45, 2.75) is 30.5 Å². The second-order valence-corrected chi connectivity index (χ2v) is 6.62. The maximum absolute atomic E-state index is 12.2. The fraction of sp³-hybridized carbons (Fsp3) is 0.400. The van der Waals surface area contributed by atoms with Crippen LogP contribution in [0, 0.1) is 0 Å². The van der Waals surface area contributed by atoms with Crippen molar-refractivity contribution in [3.05, 3.63) is 22.7 Å². The Bertz CT molecular complexity index is 560. The van der Waals surface area contributed by atoms with Gasteiger partial charge in [-0.3, -0.25) is 0 Å². The highest BCUT2D eigenvalue weighted by Gasteiger charge is 2.32. The van der Waals surface area contributed by atoms with Gasteiger partial charge in [-0.25, -0.2) is 13.1 Å². The van der Waals surface area contributed by atoms with Gasteiger partial charge < -0.3 is 5.73 Å². The number of nitrogens with two attached hydrogens (primary N) is 1. The summed E-state index contributed by atoms with van der Waals surface area (Å²) in [6.45, 7) is 1.14. The van der Waals surface area contributed by atoms with Gasteiger partial charge in [0.2, 0.25) is 10.0 Å². The topological polar surface area (TPSA) is 72.2 Å². The molecule has 108 valence electrons. The molecule has 0 radical (unpaired) electrons. The van der Waals surface area contributed by atoms with E-state index in [1.54, 1.807) is 0 Å². The SMILES string of the molecule is CC(CC(F)(F)F)NS(=O)(=O)c1cc(Br)ccc1N. The van der Waals surface area contributed by atoms with Crippen molar-refractivity contribution in [1.29, 1.82) is 0 Å². The molecular weight excluding hydrogens is 349 g/mol. The first-order chi connectivity index (χ1) is 8.51. The van der Waals surface area contributed by atoms with Gasteiger partial charge in [-0.05, 0) is 25.1 Å². The van der Waals surface area contributed by atoms with Crippen LogP contribution < -0.4 is 10.5 Å². The lowest BCUT2D eigenvalue weighted by molar-refractivity contribution is -0.137. The van der Waals surface area contributed by atoms with Crippen molar-refractivity contribution in [3.8, 4) is 0 Å². The van der Waals surface area contributed by atoms with Gasteiger partial charge in [-0.15, -0.1) is 0 Å². The first-order valence-corrected chi connectivity index (χ1v) is 7.43. The van der Waals surface area contributed by atoms with Crippen LogP contribution in [0.4, 0.5) is 18.9 Å². The number of halogens is 4. The molecule has 1 rings (SSSR count). The Hall–Kier alpha value is -0.800. The third-order valence-corrected chi connectivity index (χ3v) is 4.30. The fourth-order valence-electron chi connectivity index (χ4n) is 1.46. The second kappa shape index (κ2) is 5.68. The molecule has 0 aromatic heterocycles. The zero-order chi connectivity index (χ0) is 14.8. The monoisotopic (exact) mass is 360 g/mol. The second-order valence-electron chi connectivity index (χ2n) is 4.02. The Kier molecular flexibility index (Phi) is 4.86. The first-order valence-electron chi connectivity index (χ1n) is 5.15. The molecule has 0 aliphatic carbocycles. The van der Waals surface area contributed by atoms with Crippen LogP contribution in [0.2, 0.25) is 0 Å². The van der Waals surface area contributed by atoms with E-state index >= 15 is 0 Å². The molecule has 0 aliphatic rings. The van der Waals surface area contributed by atoms with E-state index in [1.807, 2.05) is 4.72 Å². The van der Waals surface area contributed by atoms with E-state index in [0.717, 1.165) is 6.92 Å². The molecule has 3 N–H and O–H groups in total. The average Bonchev–Trinajstić information content (AvgIpc) is 2.17. The Labute approximate surface area is 117 Å². The largest absolute Gasteiger partial charge is 0.398 e. The predicted octanol–water partition coefficient (Wildman–Crippen LogP) is 2.65. The normalized spacial score (nSPS) is 14.4. The lowest BCUT2D eigenvalue weighted by Crippen LogP contribution is -2.36. The Morgan fingerprint density at radius 1 is 1.42 bits per heavy atom. The van der Waals surface area contributed by atoms with Crippen LogP contribution in [0.1, 0.15) is 13.3 Å². The van der Waals surface area contributed by atoms with E-state index in [-0.39, 0.29) is 10.6 Å². The van der Waals surface area contributed by atoms with Crippen LogP contribution in [0.3, 0.4) is 0 Å². The number of hydrogen-bond acceptors (Lipinski definition) is 3. The highest BCUT2D eigenvalue weighted by atomic mass is 79.9. The van der Waals surface area contributed by atoms with E-state index < -0.39 is 28.7 Å². The fourth-order valence-corrected chi connectivity index (χ4v) is 3.37. The number of benzene rings is 1. The molecule has 9 heteroatoms. The molecule has 0 aliphatic heterocycles. The van der Waals surface area contributed by atoms with Crippen molar-refractivity contribution in [2.24, 2.45) is 0 Å². The van der Waals surface area contributed by atoms with Crippen molar-refractivity contribution < 1.29 is 21.6 Å². The standard InChI is InChI=1S/C10H12BrF3N2O2S/c1-6(5-10(12,13)14)16-19(17,18)9-4-7(11)2-3-8(9)15/h2-4,6,16H,5,15H2,1H3. The number of sulfonamides is 1. The van der Waals surface area contributed by atoms with Crippen molar-refractivity contribution in [1.82, 2.24) is 4.72 Å². The molecule has 1 aromatic rings. The predicted molar refractivity (Wildman–Crippen MR) is 69.0 cm³/mol.